The molecule has 1 saturated heterocycles. The van der Waals surface area contributed by atoms with Gasteiger partial charge in [0.15, 0.2) is 0 Å². The number of piperidine rings is 1. The van der Waals surface area contributed by atoms with E-state index in [2.05, 4.69) is 41.3 Å². The van der Waals surface area contributed by atoms with Gasteiger partial charge in [0.1, 0.15) is 5.75 Å². The summed E-state index contributed by atoms with van der Waals surface area (Å²) in [4.78, 5) is 2.41. The lowest BCUT2D eigenvalue weighted by atomic mass is 10.1. The number of ether oxygens (including phenoxy) is 1. The SMILES string of the molecule is CCS(=O)(=O)N(C)C1CCN(CCCOc2ccc(C/C=C/c3ccccc3)cc2)CC1. The minimum absolute atomic E-state index is 0.133. The molecule has 6 heteroatoms. The summed E-state index contributed by atoms with van der Waals surface area (Å²) in [7, 11) is -1.38. The van der Waals surface area contributed by atoms with E-state index in [0.717, 1.165) is 51.1 Å². The minimum Gasteiger partial charge on any atom is -0.494 e. The fourth-order valence-corrected chi connectivity index (χ4v) is 5.10. The van der Waals surface area contributed by atoms with Crippen LogP contribution < -0.4 is 4.74 Å². The summed E-state index contributed by atoms with van der Waals surface area (Å²) in [5.41, 5.74) is 2.48. The Balaban J connectivity index is 1.32. The second-order valence-corrected chi connectivity index (χ2v) is 10.7. The number of allylic oxidation sites excluding steroid dienone is 1. The lowest BCUT2D eigenvalue weighted by molar-refractivity contribution is 0.160. The van der Waals surface area contributed by atoms with Gasteiger partial charge >= 0.3 is 0 Å². The summed E-state index contributed by atoms with van der Waals surface area (Å²) < 4.78 is 31.6. The van der Waals surface area contributed by atoms with Gasteiger partial charge in [-0.3, -0.25) is 0 Å². The van der Waals surface area contributed by atoms with Gasteiger partial charge < -0.3 is 9.64 Å². The van der Waals surface area contributed by atoms with Crippen molar-refractivity contribution in [2.45, 2.75) is 38.6 Å². The van der Waals surface area contributed by atoms with Crippen LogP contribution in [-0.4, -0.2) is 62.7 Å². The van der Waals surface area contributed by atoms with Crippen molar-refractivity contribution >= 4 is 16.1 Å². The standard InChI is InChI=1S/C26H36N2O3S/c1-3-32(29,30)27(2)25-17-20-28(21-18-25)19-8-22-31-26-15-13-24(14-16-26)12-7-11-23-9-5-4-6-10-23/h4-7,9-11,13-16,25H,3,8,12,17-22H2,1-2H3/b11-7+. The number of hydrogen-bond donors (Lipinski definition) is 0. The van der Waals surface area contributed by atoms with E-state index < -0.39 is 10.0 Å². The number of hydrogen-bond acceptors (Lipinski definition) is 4. The summed E-state index contributed by atoms with van der Waals surface area (Å²) in [5, 5.41) is 0. The fraction of sp³-hybridized carbons (Fsp3) is 0.462. The molecule has 1 heterocycles. The molecule has 0 atom stereocenters. The van der Waals surface area contributed by atoms with Gasteiger partial charge in [-0.2, -0.15) is 0 Å². The highest BCUT2D eigenvalue weighted by molar-refractivity contribution is 7.89. The predicted octanol–water partition coefficient (Wildman–Crippen LogP) is 4.46. The zero-order valence-electron chi connectivity index (χ0n) is 19.3. The van der Waals surface area contributed by atoms with E-state index in [-0.39, 0.29) is 11.8 Å². The van der Waals surface area contributed by atoms with Crippen molar-refractivity contribution in [3.05, 3.63) is 71.8 Å². The van der Waals surface area contributed by atoms with Gasteiger partial charge in [-0.25, -0.2) is 12.7 Å². The van der Waals surface area contributed by atoms with E-state index in [1.807, 2.05) is 30.3 Å². The summed E-state index contributed by atoms with van der Waals surface area (Å²) >= 11 is 0. The van der Waals surface area contributed by atoms with E-state index in [0.29, 0.717) is 6.61 Å². The van der Waals surface area contributed by atoms with Crippen LogP contribution in [0.15, 0.2) is 60.7 Å². The van der Waals surface area contributed by atoms with Crippen LogP contribution in [0, 0.1) is 0 Å². The highest BCUT2D eigenvalue weighted by atomic mass is 32.2. The lowest BCUT2D eigenvalue weighted by Gasteiger charge is -2.36. The largest absolute Gasteiger partial charge is 0.494 e. The van der Waals surface area contributed by atoms with Crippen molar-refractivity contribution in [2.24, 2.45) is 0 Å². The van der Waals surface area contributed by atoms with Crippen molar-refractivity contribution in [2.75, 3.05) is 39.0 Å². The van der Waals surface area contributed by atoms with E-state index in [1.165, 1.54) is 11.1 Å². The maximum Gasteiger partial charge on any atom is 0.213 e. The molecular weight excluding hydrogens is 420 g/mol. The third kappa shape index (κ3) is 7.47. The van der Waals surface area contributed by atoms with Gasteiger partial charge in [0.05, 0.1) is 12.4 Å². The first-order valence-corrected chi connectivity index (χ1v) is 13.2. The quantitative estimate of drug-likeness (QED) is 0.469. The molecule has 0 aromatic heterocycles. The molecule has 0 unspecified atom stereocenters. The third-order valence-corrected chi connectivity index (χ3v) is 8.05. The summed E-state index contributed by atoms with van der Waals surface area (Å²) in [6, 6.07) is 18.8. The number of nitrogens with zero attached hydrogens (tertiary/aromatic N) is 2. The molecule has 0 aliphatic carbocycles. The average Bonchev–Trinajstić information content (AvgIpc) is 2.83. The molecule has 32 heavy (non-hydrogen) atoms. The van der Waals surface area contributed by atoms with Crippen LogP contribution in [0.1, 0.15) is 37.3 Å². The molecule has 0 radical (unpaired) electrons. The van der Waals surface area contributed by atoms with Crippen molar-refractivity contribution in [3.8, 4) is 5.75 Å². The Morgan fingerprint density at radius 3 is 2.41 bits per heavy atom. The monoisotopic (exact) mass is 456 g/mol. The zero-order chi connectivity index (χ0) is 22.8. The van der Waals surface area contributed by atoms with Gasteiger partial charge in [0.2, 0.25) is 10.0 Å². The van der Waals surface area contributed by atoms with Crippen LogP contribution in [0.2, 0.25) is 0 Å². The summed E-state index contributed by atoms with van der Waals surface area (Å²) in [6.45, 7) is 5.27. The smallest absolute Gasteiger partial charge is 0.213 e. The fourth-order valence-electron chi connectivity index (χ4n) is 4.03. The number of likely N-dealkylation sites (tertiary alicyclic amines) is 1. The highest BCUT2D eigenvalue weighted by Crippen LogP contribution is 2.19. The molecule has 0 saturated carbocycles. The molecular formula is C26H36N2O3S. The zero-order valence-corrected chi connectivity index (χ0v) is 20.1. The van der Waals surface area contributed by atoms with Crippen molar-refractivity contribution in [3.63, 3.8) is 0 Å². The van der Waals surface area contributed by atoms with Crippen LogP contribution in [0.3, 0.4) is 0 Å². The maximum atomic E-state index is 12.0. The molecule has 0 bridgehead atoms. The van der Waals surface area contributed by atoms with E-state index in [9.17, 15) is 8.42 Å². The van der Waals surface area contributed by atoms with Crippen molar-refractivity contribution in [1.29, 1.82) is 0 Å². The summed E-state index contributed by atoms with van der Waals surface area (Å²) in [5.74, 6) is 1.08. The first-order chi connectivity index (χ1) is 15.5. The Morgan fingerprint density at radius 1 is 1.06 bits per heavy atom. The number of rotatable bonds is 11. The first kappa shape index (κ1) is 24.5. The Labute approximate surface area is 193 Å². The van der Waals surface area contributed by atoms with Crippen LogP contribution >= 0.6 is 0 Å². The molecule has 174 valence electrons. The van der Waals surface area contributed by atoms with Crippen molar-refractivity contribution < 1.29 is 13.2 Å². The molecule has 2 aromatic rings. The summed E-state index contributed by atoms with van der Waals surface area (Å²) in [6.07, 6.45) is 8.00. The van der Waals surface area contributed by atoms with E-state index in [1.54, 1.807) is 18.3 Å². The first-order valence-electron chi connectivity index (χ1n) is 11.6. The molecule has 0 spiro atoms. The minimum atomic E-state index is -3.10. The molecule has 1 aliphatic heterocycles. The Kier molecular flexibility index (Phi) is 9.33. The number of sulfonamides is 1. The van der Waals surface area contributed by atoms with Gasteiger partial charge in [-0.15, -0.1) is 0 Å². The topological polar surface area (TPSA) is 49.9 Å². The van der Waals surface area contributed by atoms with Crippen LogP contribution in [0.25, 0.3) is 6.08 Å². The molecule has 5 nitrogen and oxygen atoms in total. The maximum absolute atomic E-state index is 12.0. The Bertz CT molecular complexity index is 935. The van der Waals surface area contributed by atoms with Gasteiger partial charge in [0.25, 0.3) is 0 Å². The second-order valence-electron chi connectivity index (χ2n) is 8.35. The highest BCUT2D eigenvalue weighted by Gasteiger charge is 2.28. The third-order valence-electron chi connectivity index (χ3n) is 6.15. The van der Waals surface area contributed by atoms with E-state index in [4.69, 9.17) is 4.74 Å². The molecule has 1 aliphatic rings. The van der Waals surface area contributed by atoms with Gasteiger partial charge in [0, 0.05) is 19.6 Å². The average molecular weight is 457 g/mol. The number of benzene rings is 2. The molecule has 0 N–H and O–H groups in total. The molecule has 0 amide bonds. The second kappa shape index (κ2) is 12.2. The van der Waals surface area contributed by atoms with Crippen LogP contribution in [-0.2, 0) is 16.4 Å². The lowest BCUT2D eigenvalue weighted by Crippen LogP contribution is -2.46. The molecule has 3 rings (SSSR count). The van der Waals surface area contributed by atoms with Crippen LogP contribution in [0.5, 0.6) is 5.75 Å². The van der Waals surface area contributed by atoms with Gasteiger partial charge in [-0.1, -0.05) is 54.6 Å². The predicted molar refractivity (Wildman–Crippen MR) is 132 cm³/mol. The van der Waals surface area contributed by atoms with Crippen LogP contribution in [0.4, 0.5) is 0 Å². The molecule has 1 fully saturated rings. The normalized spacial score (nSPS) is 16.1. The molecule has 2 aromatic carbocycles. The Hall–Kier alpha value is -2.15. The van der Waals surface area contributed by atoms with E-state index >= 15 is 0 Å². The van der Waals surface area contributed by atoms with Gasteiger partial charge in [-0.05, 0) is 69.0 Å². The van der Waals surface area contributed by atoms with Crippen molar-refractivity contribution in [1.82, 2.24) is 9.21 Å². The Morgan fingerprint density at radius 2 is 1.75 bits per heavy atom.